The number of amidine groups is 1. The number of halogens is 4. The second-order valence-corrected chi connectivity index (χ2v) is 6.40. The quantitative estimate of drug-likeness (QED) is 0.686. The smallest absolute Gasteiger partial charge is 0.278 e. The van der Waals surface area contributed by atoms with Gasteiger partial charge in [0, 0.05) is 17.3 Å². The summed E-state index contributed by atoms with van der Waals surface area (Å²) >= 11 is 0. The summed E-state index contributed by atoms with van der Waals surface area (Å²) < 4.78 is 57.6. The zero-order chi connectivity index (χ0) is 21.9. The Bertz CT molecular complexity index is 993. The molecule has 1 aliphatic heterocycles. The van der Waals surface area contributed by atoms with E-state index in [4.69, 9.17) is 19.9 Å². The summed E-state index contributed by atoms with van der Waals surface area (Å²) in [7, 11) is 2.78. The number of rotatable bonds is 6. The fraction of sp³-hybridized carbons (Fsp3) is 0.316. The number of methoxy groups -OCH3 is 2. The lowest BCUT2D eigenvalue weighted by molar-refractivity contribution is -0.0145. The molecule has 0 unspecified atom stereocenters. The summed E-state index contributed by atoms with van der Waals surface area (Å²) in [6, 6.07) is 4.71. The number of hydrogen-bond acceptors (Lipinski definition) is 7. The first-order valence-corrected chi connectivity index (χ1v) is 8.70. The van der Waals surface area contributed by atoms with Crippen molar-refractivity contribution in [2.45, 2.75) is 12.0 Å². The van der Waals surface area contributed by atoms with Crippen molar-refractivity contribution in [3.05, 3.63) is 47.5 Å². The molecule has 0 bridgehead atoms. The second-order valence-electron chi connectivity index (χ2n) is 6.40. The fourth-order valence-electron chi connectivity index (χ4n) is 2.99. The van der Waals surface area contributed by atoms with Gasteiger partial charge in [-0.3, -0.25) is 9.79 Å². The van der Waals surface area contributed by atoms with E-state index in [0.29, 0.717) is 5.75 Å². The number of alkyl halides is 2. The summed E-state index contributed by atoms with van der Waals surface area (Å²) in [6.07, 6.45) is -1.78. The summed E-state index contributed by atoms with van der Waals surface area (Å²) in [4.78, 5) is 20.4. The predicted octanol–water partition coefficient (Wildman–Crippen LogP) is 2.76. The molecule has 1 aromatic carbocycles. The fourth-order valence-corrected chi connectivity index (χ4v) is 2.99. The maximum absolute atomic E-state index is 14.5. The van der Waals surface area contributed by atoms with Crippen LogP contribution in [0.4, 0.5) is 18.9 Å². The number of aromatic nitrogens is 1. The second kappa shape index (κ2) is 9.84. The topological polar surface area (TPSA) is 108 Å². The van der Waals surface area contributed by atoms with Gasteiger partial charge in [-0.15, -0.1) is 12.4 Å². The summed E-state index contributed by atoms with van der Waals surface area (Å²) in [6.45, 7) is -0.691. The maximum Gasteiger partial charge on any atom is 0.278 e. The SMILES string of the molecule is COc1cnc(C(=O)Nc2ccc(F)c([C@]3(C(F)F)COCC(N)=N3)c2)c(OC)c1.Cl. The van der Waals surface area contributed by atoms with Gasteiger partial charge in [-0.2, -0.15) is 0 Å². The van der Waals surface area contributed by atoms with Crippen LogP contribution in [0.2, 0.25) is 0 Å². The maximum atomic E-state index is 14.5. The van der Waals surface area contributed by atoms with E-state index in [1.165, 1.54) is 32.5 Å². The highest BCUT2D eigenvalue weighted by atomic mass is 35.5. The normalized spacial score (nSPS) is 18.1. The molecule has 8 nitrogen and oxygen atoms in total. The molecule has 0 aliphatic carbocycles. The van der Waals surface area contributed by atoms with Crippen LogP contribution in [0.1, 0.15) is 16.1 Å². The van der Waals surface area contributed by atoms with Gasteiger partial charge in [0.2, 0.25) is 0 Å². The van der Waals surface area contributed by atoms with Crippen LogP contribution in [0, 0.1) is 5.82 Å². The number of nitrogens with two attached hydrogens (primary N) is 1. The molecule has 1 aliphatic rings. The van der Waals surface area contributed by atoms with Crippen LogP contribution in [0.25, 0.3) is 0 Å². The Kier molecular flexibility index (Phi) is 7.69. The van der Waals surface area contributed by atoms with E-state index in [1.807, 2.05) is 0 Å². The Balaban J connectivity index is 0.00000341. The summed E-state index contributed by atoms with van der Waals surface area (Å²) in [5, 5.41) is 2.49. The number of amides is 1. The number of ether oxygens (including phenoxy) is 3. The number of carbonyl (C=O) groups is 1. The van der Waals surface area contributed by atoms with E-state index in [2.05, 4.69) is 15.3 Å². The number of anilines is 1. The van der Waals surface area contributed by atoms with Gasteiger partial charge in [0.25, 0.3) is 12.3 Å². The number of hydrogen-bond donors (Lipinski definition) is 2. The summed E-state index contributed by atoms with van der Waals surface area (Å²) in [5.41, 5.74) is 2.76. The molecule has 0 fully saturated rings. The standard InChI is InChI=1S/C19H19F3N4O4.ClH/c1-28-11-6-14(29-2)16(24-7-11)17(27)25-10-3-4-13(20)12(5-10)19(18(21)22)9-30-8-15(23)26-19;/h3-7,18H,8-9H2,1-2H3,(H2,23,26)(H,25,27);1H/t19-;/m0./s1. The lowest BCUT2D eigenvalue weighted by Crippen LogP contribution is -2.45. The van der Waals surface area contributed by atoms with E-state index in [-0.39, 0.29) is 42.0 Å². The van der Waals surface area contributed by atoms with Crippen molar-refractivity contribution in [3.63, 3.8) is 0 Å². The largest absolute Gasteiger partial charge is 0.495 e. The minimum absolute atomic E-state index is 0. The van der Waals surface area contributed by atoms with Gasteiger partial charge in [-0.1, -0.05) is 0 Å². The van der Waals surface area contributed by atoms with E-state index < -0.39 is 35.9 Å². The Labute approximate surface area is 182 Å². The highest BCUT2D eigenvalue weighted by Gasteiger charge is 2.46. The van der Waals surface area contributed by atoms with Gasteiger partial charge in [-0.25, -0.2) is 18.2 Å². The number of benzene rings is 1. The van der Waals surface area contributed by atoms with Crippen molar-refractivity contribution in [1.29, 1.82) is 0 Å². The molecule has 0 saturated carbocycles. The third-order valence-electron chi connectivity index (χ3n) is 4.47. The molecule has 2 heterocycles. The minimum Gasteiger partial charge on any atom is -0.495 e. The van der Waals surface area contributed by atoms with Crippen molar-refractivity contribution in [2.75, 3.05) is 32.8 Å². The first-order valence-electron chi connectivity index (χ1n) is 8.70. The Morgan fingerprint density at radius 1 is 1.29 bits per heavy atom. The molecule has 1 amide bonds. The monoisotopic (exact) mass is 460 g/mol. The van der Waals surface area contributed by atoms with Crippen LogP contribution in [-0.4, -0.2) is 50.6 Å². The lowest BCUT2D eigenvalue weighted by Gasteiger charge is -2.33. The molecular formula is C19H20ClF3N4O4. The van der Waals surface area contributed by atoms with Gasteiger partial charge < -0.3 is 25.3 Å². The molecule has 0 saturated heterocycles. The van der Waals surface area contributed by atoms with Crippen LogP contribution in [-0.2, 0) is 10.3 Å². The molecule has 3 N–H and O–H groups in total. The molecule has 2 aromatic rings. The van der Waals surface area contributed by atoms with Gasteiger partial charge >= 0.3 is 0 Å². The lowest BCUT2D eigenvalue weighted by atomic mass is 9.90. The number of carbonyl (C=O) groups excluding carboxylic acids is 1. The van der Waals surface area contributed by atoms with E-state index in [9.17, 15) is 18.0 Å². The van der Waals surface area contributed by atoms with Crippen molar-refractivity contribution >= 4 is 29.8 Å². The van der Waals surface area contributed by atoms with Gasteiger partial charge in [0.05, 0.1) is 27.0 Å². The number of aliphatic imine (C=N–C) groups is 1. The average molecular weight is 461 g/mol. The van der Waals surface area contributed by atoms with Crippen molar-refractivity contribution in [2.24, 2.45) is 10.7 Å². The van der Waals surface area contributed by atoms with Gasteiger partial charge in [-0.05, 0) is 18.2 Å². The number of nitrogens with zero attached hydrogens (tertiary/aromatic N) is 2. The zero-order valence-electron chi connectivity index (χ0n) is 16.5. The number of nitrogens with one attached hydrogen (secondary N) is 1. The number of pyridine rings is 1. The minimum atomic E-state index is -3.10. The molecular weight excluding hydrogens is 441 g/mol. The first-order chi connectivity index (χ1) is 14.3. The molecule has 168 valence electrons. The molecule has 0 spiro atoms. The molecule has 0 radical (unpaired) electrons. The van der Waals surface area contributed by atoms with E-state index >= 15 is 0 Å². The third-order valence-corrected chi connectivity index (χ3v) is 4.47. The molecule has 1 aromatic heterocycles. The van der Waals surface area contributed by atoms with E-state index in [0.717, 1.165) is 12.1 Å². The van der Waals surface area contributed by atoms with Crippen LogP contribution < -0.4 is 20.5 Å². The van der Waals surface area contributed by atoms with E-state index in [1.54, 1.807) is 0 Å². The van der Waals surface area contributed by atoms with Gasteiger partial charge in [0.1, 0.15) is 24.0 Å². The Hall–Kier alpha value is -3.05. The van der Waals surface area contributed by atoms with Crippen molar-refractivity contribution in [3.8, 4) is 11.5 Å². The third kappa shape index (κ3) is 4.83. The average Bonchev–Trinajstić information content (AvgIpc) is 2.74. The molecule has 12 heteroatoms. The highest BCUT2D eigenvalue weighted by Crippen LogP contribution is 2.38. The van der Waals surface area contributed by atoms with Crippen LogP contribution in [0.15, 0.2) is 35.5 Å². The highest BCUT2D eigenvalue weighted by molar-refractivity contribution is 6.04. The van der Waals surface area contributed by atoms with Crippen LogP contribution in [0.5, 0.6) is 11.5 Å². The molecule has 1 atom stereocenters. The van der Waals surface area contributed by atoms with Crippen molar-refractivity contribution in [1.82, 2.24) is 4.98 Å². The first kappa shape index (κ1) is 24.2. The molecule has 31 heavy (non-hydrogen) atoms. The Morgan fingerprint density at radius 2 is 2.03 bits per heavy atom. The van der Waals surface area contributed by atoms with Crippen molar-refractivity contribution < 1.29 is 32.2 Å². The van der Waals surface area contributed by atoms with Gasteiger partial charge in [0.15, 0.2) is 17.0 Å². The molecule has 3 rings (SSSR count). The van der Waals surface area contributed by atoms with Crippen LogP contribution in [0.3, 0.4) is 0 Å². The van der Waals surface area contributed by atoms with Crippen LogP contribution >= 0.6 is 12.4 Å². The predicted molar refractivity (Wildman–Crippen MR) is 109 cm³/mol. The zero-order valence-corrected chi connectivity index (χ0v) is 17.3. The summed E-state index contributed by atoms with van der Waals surface area (Å²) in [5.74, 6) is -1.30. The Morgan fingerprint density at radius 3 is 2.65 bits per heavy atom.